The van der Waals surface area contributed by atoms with Gasteiger partial charge in [0.1, 0.15) is 5.56 Å². The number of methoxy groups -OCH3 is 3. The second kappa shape index (κ2) is 10.6. The molecule has 0 bridgehead atoms. The minimum Gasteiger partial charge on any atom is -0.493 e. The first kappa shape index (κ1) is 25.0. The molecule has 4 rings (SSSR count). The van der Waals surface area contributed by atoms with E-state index in [0.29, 0.717) is 54.9 Å². The van der Waals surface area contributed by atoms with Gasteiger partial charge in [-0.25, -0.2) is 0 Å². The Morgan fingerprint density at radius 1 is 0.944 bits per heavy atom. The molecular weight excluding hydrogens is 490 g/mol. The van der Waals surface area contributed by atoms with Crippen LogP contribution in [-0.4, -0.2) is 73.4 Å². The van der Waals surface area contributed by atoms with E-state index in [1.165, 1.54) is 25.3 Å². The normalized spacial score (nSPS) is 13.3. The SMILES string of the molecule is COc1cc(-c2ccc(N3CCN(C(=O)c4cc(Cl)ccc4[N+](=O)[O-])CC3)nn2)cc(OC)c1OC. The highest BCUT2D eigenvalue weighted by Crippen LogP contribution is 2.40. The molecule has 1 aliphatic rings. The molecule has 0 unspecified atom stereocenters. The molecule has 0 spiro atoms. The summed E-state index contributed by atoms with van der Waals surface area (Å²) < 4.78 is 16.2. The standard InChI is InChI=1S/C24H24ClN5O6/c1-34-20-12-15(13-21(35-2)23(20)36-3)18-5-7-22(27-26-18)28-8-10-29(11-9-28)24(31)17-14-16(25)4-6-19(17)30(32)33/h4-7,12-14H,8-11H2,1-3H3. The van der Waals surface area contributed by atoms with Crippen molar-refractivity contribution in [3.63, 3.8) is 0 Å². The van der Waals surface area contributed by atoms with Gasteiger partial charge in [-0.3, -0.25) is 14.9 Å². The maximum Gasteiger partial charge on any atom is 0.282 e. The first-order chi connectivity index (χ1) is 17.4. The van der Waals surface area contributed by atoms with Crippen LogP contribution in [0.25, 0.3) is 11.3 Å². The van der Waals surface area contributed by atoms with Crippen molar-refractivity contribution in [3.8, 4) is 28.5 Å². The number of hydrogen-bond donors (Lipinski definition) is 0. The summed E-state index contributed by atoms with van der Waals surface area (Å²) in [5.74, 6) is 1.75. The Labute approximate surface area is 212 Å². The van der Waals surface area contributed by atoms with E-state index in [4.69, 9.17) is 25.8 Å². The average molecular weight is 514 g/mol. The third-order valence-corrected chi connectivity index (χ3v) is 6.12. The van der Waals surface area contributed by atoms with Crippen LogP contribution in [0.5, 0.6) is 17.2 Å². The molecule has 11 nitrogen and oxygen atoms in total. The van der Waals surface area contributed by atoms with E-state index in [-0.39, 0.29) is 16.3 Å². The molecule has 0 radical (unpaired) electrons. The number of halogens is 1. The molecule has 2 aromatic carbocycles. The van der Waals surface area contributed by atoms with Gasteiger partial charge in [0, 0.05) is 42.8 Å². The second-order valence-corrected chi connectivity index (χ2v) is 8.33. The average Bonchev–Trinajstić information content (AvgIpc) is 2.91. The van der Waals surface area contributed by atoms with Crippen LogP contribution in [0.15, 0.2) is 42.5 Å². The van der Waals surface area contributed by atoms with E-state index in [9.17, 15) is 14.9 Å². The van der Waals surface area contributed by atoms with Gasteiger partial charge in [0.15, 0.2) is 17.3 Å². The van der Waals surface area contributed by atoms with Crippen LogP contribution in [0.4, 0.5) is 11.5 Å². The Morgan fingerprint density at radius 2 is 1.61 bits per heavy atom. The fraction of sp³-hybridized carbons (Fsp3) is 0.292. The van der Waals surface area contributed by atoms with Crippen molar-refractivity contribution in [1.82, 2.24) is 15.1 Å². The molecule has 188 valence electrons. The monoisotopic (exact) mass is 513 g/mol. The summed E-state index contributed by atoms with van der Waals surface area (Å²) in [6.07, 6.45) is 0. The first-order valence-corrected chi connectivity index (χ1v) is 11.4. The summed E-state index contributed by atoms with van der Waals surface area (Å²) in [4.78, 5) is 27.3. The lowest BCUT2D eigenvalue weighted by molar-refractivity contribution is -0.385. The molecule has 1 fully saturated rings. The Kier molecular flexibility index (Phi) is 7.39. The highest BCUT2D eigenvalue weighted by atomic mass is 35.5. The number of ether oxygens (including phenoxy) is 3. The number of carbonyl (C=O) groups is 1. The summed E-state index contributed by atoms with van der Waals surface area (Å²) in [6.45, 7) is 1.74. The number of nitro groups is 1. The number of nitro benzene ring substituents is 1. The number of benzene rings is 2. The molecule has 3 aromatic rings. The number of carbonyl (C=O) groups excluding carboxylic acids is 1. The number of piperazine rings is 1. The molecule has 0 N–H and O–H groups in total. The highest BCUT2D eigenvalue weighted by Gasteiger charge is 2.28. The molecule has 12 heteroatoms. The molecule has 1 aromatic heterocycles. The van der Waals surface area contributed by atoms with E-state index in [1.807, 2.05) is 17.0 Å². The highest BCUT2D eigenvalue weighted by molar-refractivity contribution is 6.31. The minimum absolute atomic E-state index is 0.0181. The number of nitrogens with zero attached hydrogens (tertiary/aromatic N) is 5. The molecule has 36 heavy (non-hydrogen) atoms. The number of aromatic nitrogens is 2. The molecular formula is C24H24ClN5O6. The van der Waals surface area contributed by atoms with Crippen molar-refractivity contribution >= 4 is 29.0 Å². The lowest BCUT2D eigenvalue weighted by atomic mass is 10.1. The zero-order valence-corrected chi connectivity index (χ0v) is 20.7. The Morgan fingerprint density at radius 3 is 2.14 bits per heavy atom. The van der Waals surface area contributed by atoms with Gasteiger partial charge in [0.05, 0.1) is 31.9 Å². The second-order valence-electron chi connectivity index (χ2n) is 7.89. The predicted octanol–water partition coefficient (Wildman–Crippen LogP) is 3.69. The van der Waals surface area contributed by atoms with E-state index in [0.717, 1.165) is 5.56 Å². The maximum atomic E-state index is 13.0. The molecule has 2 heterocycles. The van der Waals surface area contributed by atoms with Gasteiger partial charge < -0.3 is 24.0 Å². The molecule has 0 saturated carbocycles. The summed E-state index contributed by atoms with van der Waals surface area (Å²) in [6, 6.07) is 11.3. The first-order valence-electron chi connectivity index (χ1n) is 11.0. The quantitative estimate of drug-likeness (QED) is 0.344. The molecule has 1 aliphatic heterocycles. The van der Waals surface area contributed by atoms with Gasteiger partial charge in [0.2, 0.25) is 5.75 Å². The summed E-state index contributed by atoms with van der Waals surface area (Å²) in [7, 11) is 4.63. The zero-order chi connectivity index (χ0) is 25.8. The largest absolute Gasteiger partial charge is 0.493 e. The number of hydrogen-bond acceptors (Lipinski definition) is 9. The van der Waals surface area contributed by atoms with Gasteiger partial charge >= 0.3 is 0 Å². The van der Waals surface area contributed by atoms with Gasteiger partial charge in [0.25, 0.3) is 11.6 Å². The van der Waals surface area contributed by atoms with E-state index < -0.39 is 10.8 Å². The van der Waals surface area contributed by atoms with Crippen LogP contribution >= 0.6 is 11.6 Å². The van der Waals surface area contributed by atoms with Crippen molar-refractivity contribution in [2.45, 2.75) is 0 Å². The van der Waals surface area contributed by atoms with Crippen LogP contribution in [0, 0.1) is 10.1 Å². The molecule has 0 aliphatic carbocycles. The topological polar surface area (TPSA) is 120 Å². The summed E-state index contributed by atoms with van der Waals surface area (Å²) in [5.41, 5.74) is 1.10. The summed E-state index contributed by atoms with van der Waals surface area (Å²) in [5, 5.41) is 20.3. The predicted molar refractivity (Wildman–Crippen MR) is 133 cm³/mol. The van der Waals surface area contributed by atoms with Gasteiger partial charge in [-0.1, -0.05) is 11.6 Å². The summed E-state index contributed by atoms with van der Waals surface area (Å²) >= 11 is 5.98. The van der Waals surface area contributed by atoms with Gasteiger partial charge in [-0.15, -0.1) is 10.2 Å². The lowest BCUT2D eigenvalue weighted by Crippen LogP contribution is -2.49. The number of rotatable bonds is 7. The number of anilines is 1. The molecule has 1 saturated heterocycles. The van der Waals surface area contributed by atoms with E-state index in [1.54, 1.807) is 31.3 Å². The van der Waals surface area contributed by atoms with Crippen molar-refractivity contribution in [3.05, 3.63) is 63.2 Å². The van der Waals surface area contributed by atoms with E-state index in [2.05, 4.69) is 10.2 Å². The molecule has 1 amide bonds. The Bertz CT molecular complexity index is 1250. The minimum atomic E-state index is -0.578. The third-order valence-electron chi connectivity index (χ3n) is 5.89. The van der Waals surface area contributed by atoms with Gasteiger partial charge in [-0.2, -0.15) is 0 Å². The Balaban J connectivity index is 1.47. The third kappa shape index (κ3) is 4.96. The van der Waals surface area contributed by atoms with Crippen LogP contribution in [0.3, 0.4) is 0 Å². The number of amides is 1. The van der Waals surface area contributed by atoms with Gasteiger partial charge in [-0.05, 0) is 36.4 Å². The van der Waals surface area contributed by atoms with Crippen molar-refractivity contribution in [1.29, 1.82) is 0 Å². The Hall–Kier alpha value is -4.12. The molecule has 0 atom stereocenters. The lowest BCUT2D eigenvalue weighted by Gasteiger charge is -2.35. The van der Waals surface area contributed by atoms with Crippen LogP contribution in [0.2, 0.25) is 5.02 Å². The fourth-order valence-electron chi connectivity index (χ4n) is 4.02. The van der Waals surface area contributed by atoms with Crippen molar-refractivity contribution in [2.75, 3.05) is 52.4 Å². The van der Waals surface area contributed by atoms with Crippen molar-refractivity contribution < 1.29 is 23.9 Å². The van der Waals surface area contributed by atoms with E-state index >= 15 is 0 Å². The smallest absolute Gasteiger partial charge is 0.282 e. The zero-order valence-electron chi connectivity index (χ0n) is 19.9. The maximum absolute atomic E-state index is 13.0. The van der Waals surface area contributed by atoms with Crippen LogP contribution in [-0.2, 0) is 0 Å². The van der Waals surface area contributed by atoms with Crippen LogP contribution < -0.4 is 19.1 Å². The fourth-order valence-corrected chi connectivity index (χ4v) is 4.20. The van der Waals surface area contributed by atoms with Crippen LogP contribution in [0.1, 0.15) is 10.4 Å². The van der Waals surface area contributed by atoms with Crippen molar-refractivity contribution in [2.24, 2.45) is 0 Å².